The Bertz CT molecular complexity index is 446. The molecule has 0 bridgehead atoms. The van der Waals surface area contributed by atoms with E-state index < -0.39 is 17.7 Å². The van der Waals surface area contributed by atoms with E-state index in [0.29, 0.717) is 13.0 Å². The Morgan fingerprint density at radius 2 is 1.78 bits per heavy atom. The molecule has 1 N–H and O–H groups in total. The third-order valence-electron chi connectivity index (χ3n) is 4.75. The summed E-state index contributed by atoms with van der Waals surface area (Å²) < 4.78 is 11.2. The molecule has 0 unspecified atom stereocenters. The Kier molecular flexibility index (Phi) is 10.7. The summed E-state index contributed by atoms with van der Waals surface area (Å²) in [6.45, 7) is 8.37. The lowest BCUT2D eigenvalue weighted by Crippen LogP contribution is -2.44. The highest BCUT2D eigenvalue weighted by atomic mass is 16.6. The second-order valence-corrected chi connectivity index (χ2v) is 8.46. The van der Waals surface area contributed by atoms with Crippen LogP contribution in [0.4, 0.5) is 4.79 Å². The average Bonchev–Trinajstić information content (AvgIpc) is 3.07. The molecule has 1 heterocycles. The van der Waals surface area contributed by atoms with Gasteiger partial charge in [-0.3, -0.25) is 4.90 Å². The largest absolute Gasteiger partial charge is 0.461 e. The highest BCUT2D eigenvalue weighted by molar-refractivity contribution is 5.82. The third kappa shape index (κ3) is 9.45. The molecule has 6 heteroatoms. The van der Waals surface area contributed by atoms with E-state index in [1.807, 2.05) is 20.8 Å². The van der Waals surface area contributed by atoms with E-state index in [0.717, 1.165) is 57.8 Å². The van der Waals surface area contributed by atoms with Gasteiger partial charge in [0, 0.05) is 13.2 Å². The third-order valence-corrected chi connectivity index (χ3v) is 4.75. The number of nitrogens with zero attached hydrogens (tertiary/aromatic N) is 1. The van der Waals surface area contributed by atoms with Crippen molar-refractivity contribution in [3.8, 4) is 0 Å². The number of esters is 1. The Morgan fingerprint density at radius 1 is 1.11 bits per heavy atom. The number of rotatable bonds is 11. The van der Waals surface area contributed by atoms with Crippen LogP contribution < -0.4 is 0 Å². The fraction of sp³-hybridized carbons (Fsp3) is 0.905. The highest BCUT2D eigenvalue weighted by Crippen LogP contribution is 2.24. The summed E-state index contributed by atoms with van der Waals surface area (Å²) in [6.07, 6.45) is 8.54. The lowest BCUT2D eigenvalue weighted by molar-refractivity contribution is -0.155. The fourth-order valence-corrected chi connectivity index (χ4v) is 3.32. The molecule has 158 valence electrons. The van der Waals surface area contributed by atoms with Crippen molar-refractivity contribution >= 4 is 12.1 Å². The first kappa shape index (κ1) is 23.7. The van der Waals surface area contributed by atoms with Gasteiger partial charge in [-0.1, -0.05) is 32.6 Å². The molecule has 1 aliphatic rings. The maximum atomic E-state index is 12.7. The van der Waals surface area contributed by atoms with E-state index in [1.54, 1.807) is 0 Å². The molecule has 0 aliphatic carbocycles. The van der Waals surface area contributed by atoms with Crippen molar-refractivity contribution < 1.29 is 24.2 Å². The van der Waals surface area contributed by atoms with Crippen LogP contribution in [0.15, 0.2) is 0 Å². The number of unbranched alkanes of at least 4 members (excludes halogenated alkanes) is 4. The van der Waals surface area contributed by atoms with Gasteiger partial charge in [-0.15, -0.1) is 0 Å². The van der Waals surface area contributed by atoms with Crippen LogP contribution in [0.5, 0.6) is 0 Å². The molecule has 1 amide bonds. The van der Waals surface area contributed by atoms with Gasteiger partial charge in [-0.25, -0.2) is 9.59 Å². The molecule has 2 atom stereocenters. The van der Waals surface area contributed by atoms with Gasteiger partial charge in [0.1, 0.15) is 17.7 Å². The summed E-state index contributed by atoms with van der Waals surface area (Å²) in [5.74, 6) is -0.296. The molecule has 0 aromatic heterocycles. The Morgan fingerprint density at radius 3 is 2.41 bits per heavy atom. The second-order valence-electron chi connectivity index (χ2n) is 8.46. The zero-order valence-electron chi connectivity index (χ0n) is 17.7. The van der Waals surface area contributed by atoms with Gasteiger partial charge in [0.25, 0.3) is 0 Å². The van der Waals surface area contributed by atoms with Gasteiger partial charge in [0.2, 0.25) is 0 Å². The summed E-state index contributed by atoms with van der Waals surface area (Å²) >= 11 is 0. The van der Waals surface area contributed by atoms with Crippen LogP contribution in [0.3, 0.4) is 0 Å². The molecule has 1 rings (SSSR count). The topological polar surface area (TPSA) is 76.1 Å². The minimum Gasteiger partial charge on any atom is -0.461 e. The molecule has 27 heavy (non-hydrogen) atoms. The first-order valence-electron chi connectivity index (χ1n) is 10.6. The number of carbonyl (C=O) groups excluding carboxylic acids is 2. The van der Waals surface area contributed by atoms with Crippen LogP contribution in [0.25, 0.3) is 0 Å². The van der Waals surface area contributed by atoms with Crippen molar-refractivity contribution in [1.29, 1.82) is 0 Å². The van der Waals surface area contributed by atoms with Crippen LogP contribution in [0.2, 0.25) is 0 Å². The summed E-state index contributed by atoms with van der Waals surface area (Å²) in [5.41, 5.74) is -0.577. The molecule has 6 nitrogen and oxygen atoms in total. The van der Waals surface area contributed by atoms with Gasteiger partial charge in [-0.2, -0.15) is 0 Å². The van der Waals surface area contributed by atoms with Crippen molar-refractivity contribution in [2.45, 2.75) is 110 Å². The quantitative estimate of drug-likeness (QED) is 0.420. The summed E-state index contributed by atoms with van der Waals surface area (Å²) in [6, 6.07) is -0.529. The van der Waals surface area contributed by atoms with Crippen LogP contribution in [-0.4, -0.2) is 53.0 Å². The first-order chi connectivity index (χ1) is 12.8. The monoisotopic (exact) mass is 385 g/mol. The lowest BCUT2D eigenvalue weighted by atomic mass is 10.0. The number of aliphatic hydroxyl groups excluding tert-OH is 1. The van der Waals surface area contributed by atoms with Crippen molar-refractivity contribution in [1.82, 2.24) is 4.90 Å². The summed E-state index contributed by atoms with van der Waals surface area (Å²) in [7, 11) is 0. The number of carbonyl (C=O) groups is 2. The van der Waals surface area contributed by atoms with E-state index in [9.17, 15) is 9.59 Å². The molecule has 1 fully saturated rings. The zero-order valence-corrected chi connectivity index (χ0v) is 17.7. The highest BCUT2D eigenvalue weighted by Gasteiger charge is 2.38. The molecular formula is C21H39NO5. The van der Waals surface area contributed by atoms with Gasteiger partial charge in [0.05, 0.1) is 0 Å². The predicted molar refractivity (Wildman–Crippen MR) is 106 cm³/mol. The van der Waals surface area contributed by atoms with Crippen LogP contribution in [0.1, 0.15) is 91.9 Å². The maximum Gasteiger partial charge on any atom is 0.411 e. The molecule has 1 aliphatic heterocycles. The van der Waals surface area contributed by atoms with E-state index in [-0.39, 0.29) is 18.7 Å². The van der Waals surface area contributed by atoms with E-state index in [2.05, 4.69) is 6.92 Å². The molecule has 0 radical (unpaired) electrons. The molecular weight excluding hydrogens is 346 g/mol. The van der Waals surface area contributed by atoms with Crippen LogP contribution in [-0.2, 0) is 14.3 Å². The maximum absolute atomic E-state index is 12.7. The molecule has 0 spiro atoms. The van der Waals surface area contributed by atoms with Gasteiger partial charge < -0.3 is 14.6 Å². The van der Waals surface area contributed by atoms with Crippen LogP contribution >= 0.6 is 0 Å². The van der Waals surface area contributed by atoms with E-state index in [1.165, 1.54) is 4.90 Å². The van der Waals surface area contributed by atoms with E-state index in [4.69, 9.17) is 14.6 Å². The van der Waals surface area contributed by atoms with Crippen LogP contribution in [0, 0.1) is 0 Å². The minimum atomic E-state index is -0.577. The van der Waals surface area contributed by atoms with Crippen molar-refractivity contribution in [2.75, 3.05) is 13.2 Å². The first-order valence-corrected chi connectivity index (χ1v) is 10.6. The number of amides is 1. The number of likely N-dealkylation sites (tertiary alicyclic amines) is 1. The SMILES string of the molecule is CCCC[C@@H](CCCCCCO)OC(=O)[C@@H]1CCCN1C(=O)OC(C)(C)C. The molecule has 0 saturated carbocycles. The Labute approximate surface area is 164 Å². The van der Waals surface area contributed by atoms with Crippen molar-refractivity contribution in [2.24, 2.45) is 0 Å². The normalized spacial score (nSPS) is 18.4. The number of hydrogen-bond acceptors (Lipinski definition) is 5. The Hall–Kier alpha value is -1.30. The molecule has 1 saturated heterocycles. The molecule has 0 aromatic carbocycles. The van der Waals surface area contributed by atoms with Gasteiger partial charge >= 0.3 is 12.1 Å². The Balaban J connectivity index is 2.57. The average molecular weight is 386 g/mol. The number of aliphatic hydroxyl groups is 1. The summed E-state index contributed by atoms with van der Waals surface area (Å²) in [5, 5.41) is 8.86. The lowest BCUT2D eigenvalue weighted by Gasteiger charge is -2.28. The molecule has 0 aromatic rings. The predicted octanol–water partition coefficient (Wildman–Crippen LogP) is 4.43. The van der Waals surface area contributed by atoms with E-state index >= 15 is 0 Å². The van der Waals surface area contributed by atoms with Gasteiger partial charge in [-0.05, 0) is 59.3 Å². The standard InChI is InChI=1S/C21H39NO5/c1-5-6-12-17(13-9-7-8-10-16-23)26-19(24)18-14-11-15-22(18)20(25)27-21(2,3)4/h17-18,23H,5-16H2,1-4H3/t17-,18-/m0/s1. The zero-order chi connectivity index (χ0) is 20.3. The van der Waals surface area contributed by atoms with Crippen molar-refractivity contribution in [3.05, 3.63) is 0 Å². The summed E-state index contributed by atoms with van der Waals surface area (Å²) in [4.78, 5) is 26.6. The number of hydrogen-bond donors (Lipinski definition) is 1. The minimum absolute atomic E-state index is 0.0901. The fourth-order valence-electron chi connectivity index (χ4n) is 3.32. The number of ether oxygens (including phenoxy) is 2. The van der Waals surface area contributed by atoms with Gasteiger partial charge in [0.15, 0.2) is 0 Å². The smallest absolute Gasteiger partial charge is 0.411 e. The van der Waals surface area contributed by atoms with Crippen molar-refractivity contribution in [3.63, 3.8) is 0 Å². The second kappa shape index (κ2) is 12.2.